The Kier molecular flexibility index (Phi) is 7.10. The Labute approximate surface area is 114 Å². The summed E-state index contributed by atoms with van der Waals surface area (Å²) in [4.78, 5) is 11.0. The highest BCUT2D eigenvalue weighted by molar-refractivity contribution is 5.93. The van der Waals surface area contributed by atoms with Crippen LogP contribution >= 0.6 is 0 Å². The van der Waals surface area contributed by atoms with E-state index in [9.17, 15) is 4.79 Å². The summed E-state index contributed by atoms with van der Waals surface area (Å²) in [6.45, 7) is 2.63. The number of carbonyl (C=O) groups excluding carboxylic acids is 1. The standard InChI is InChI=1S/C16H21NO2/c1-2-3-4-5-6-7-8-12-19-15-11-9-10-14(13-15)16(17)18/h3-4,7-11,13H,2,5-6,12H2,1H3,(H2,17,18). The third kappa shape index (κ3) is 6.46. The van der Waals surface area contributed by atoms with Gasteiger partial charge >= 0.3 is 0 Å². The first-order valence-corrected chi connectivity index (χ1v) is 6.56. The van der Waals surface area contributed by atoms with Crippen LogP contribution in [-0.2, 0) is 0 Å². The van der Waals surface area contributed by atoms with Crippen LogP contribution in [0.1, 0.15) is 36.5 Å². The Morgan fingerprint density at radius 2 is 1.95 bits per heavy atom. The fourth-order valence-electron chi connectivity index (χ4n) is 1.55. The molecule has 3 heteroatoms. The van der Waals surface area contributed by atoms with Crippen molar-refractivity contribution < 1.29 is 9.53 Å². The SMILES string of the molecule is CCC=CCCC=CCOc1cccc(C(N)=O)c1. The van der Waals surface area contributed by atoms with Crippen LogP contribution in [0.15, 0.2) is 48.6 Å². The topological polar surface area (TPSA) is 52.3 Å². The zero-order valence-corrected chi connectivity index (χ0v) is 11.3. The molecule has 1 aromatic carbocycles. The Morgan fingerprint density at radius 1 is 1.21 bits per heavy atom. The molecule has 0 saturated carbocycles. The first-order valence-electron chi connectivity index (χ1n) is 6.56. The lowest BCUT2D eigenvalue weighted by Crippen LogP contribution is -2.10. The van der Waals surface area contributed by atoms with Gasteiger partial charge in [0, 0.05) is 5.56 Å². The van der Waals surface area contributed by atoms with Crippen LogP contribution in [0, 0.1) is 0 Å². The Hall–Kier alpha value is -2.03. The first kappa shape index (κ1) is 15.0. The van der Waals surface area contributed by atoms with Gasteiger partial charge in [0.25, 0.3) is 0 Å². The average molecular weight is 259 g/mol. The van der Waals surface area contributed by atoms with Crippen molar-refractivity contribution in [3.63, 3.8) is 0 Å². The van der Waals surface area contributed by atoms with Gasteiger partial charge in [-0.3, -0.25) is 4.79 Å². The van der Waals surface area contributed by atoms with Crippen molar-refractivity contribution >= 4 is 5.91 Å². The number of benzene rings is 1. The summed E-state index contributed by atoms with van der Waals surface area (Å²) in [5.74, 6) is 0.218. The quantitative estimate of drug-likeness (QED) is 0.574. The monoisotopic (exact) mass is 259 g/mol. The molecule has 19 heavy (non-hydrogen) atoms. The fourth-order valence-corrected chi connectivity index (χ4v) is 1.55. The lowest BCUT2D eigenvalue weighted by atomic mass is 10.2. The first-order chi connectivity index (χ1) is 9.24. The molecule has 0 heterocycles. The maximum absolute atomic E-state index is 11.0. The highest BCUT2D eigenvalue weighted by atomic mass is 16.5. The van der Waals surface area contributed by atoms with E-state index in [1.54, 1.807) is 18.2 Å². The number of carbonyl (C=O) groups is 1. The van der Waals surface area contributed by atoms with Crippen LogP contribution in [-0.4, -0.2) is 12.5 Å². The molecule has 0 atom stereocenters. The van der Waals surface area contributed by atoms with Crippen LogP contribution in [0.2, 0.25) is 0 Å². The highest BCUT2D eigenvalue weighted by Gasteiger charge is 2.00. The molecule has 0 saturated heterocycles. The third-order valence-electron chi connectivity index (χ3n) is 2.53. The molecular formula is C16H21NO2. The fraction of sp³-hybridized carbons (Fsp3) is 0.312. The van der Waals surface area contributed by atoms with Gasteiger partial charge in [-0.15, -0.1) is 0 Å². The molecule has 0 bridgehead atoms. The summed E-state index contributed by atoms with van der Waals surface area (Å²) in [7, 11) is 0. The van der Waals surface area contributed by atoms with Gasteiger partial charge in [0.2, 0.25) is 5.91 Å². The minimum absolute atomic E-state index is 0.441. The van der Waals surface area contributed by atoms with Crippen LogP contribution in [0.3, 0.4) is 0 Å². The van der Waals surface area contributed by atoms with E-state index >= 15 is 0 Å². The largest absolute Gasteiger partial charge is 0.490 e. The zero-order chi connectivity index (χ0) is 13.9. The molecule has 0 fully saturated rings. The summed E-state index contributed by atoms with van der Waals surface area (Å²) in [5, 5.41) is 0. The molecule has 0 spiro atoms. The van der Waals surface area contributed by atoms with Gasteiger partial charge in [0.05, 0.1) is 0 Å². The molecule has 0 aromatic heterocycles. The van der Waals surface area contributed by atoms with Crippen molar-refractivity contribution in [3.05, 3.63) is 54.1 Å². The van der Waals surface area contributed by atoms with Gasteiger partial charge in [-0.05, 0) is 37.5 Å². The van der Waals surface area contributed by atoms with Crippen molar-refractivity contribution in [3.8, 4) is 5.75 Å². The second kappa shape index (κ2) is 8.97. The summed E-state index contributed by atoms with van der Waals surface area (Å²) in [6.07, 6.45) is 11.6. The predicted octanol–water partition coefficient (Wildman–Crippen LogP) is 3.47. The van der Waals surface area contributed by atoms with Crippen molar-refractivity contribution in [2.24, 2.45) is 5.73 Å². The molecule has 1 aromatic rings. The van der Waals surface area contributed by atoms with Crippen LogP contribution < -0.4 is 10.5 Å². The van der Waals surface area contributed by atoms with Gasteiger partial charge < -0.3 is 10.5 Å². The number of nitrogens with two attached hydrogens (primary N) is 1. The minimum Gasteiger partial charge on any atom is -0.490 e. The van der Waals surface area contributed by atoms with E-state index in [0.717, 1.165) is 19.3 Å². The second-order valence-electron chi connectivity index (χ2n) is 4.13. The second-order valence-corrected chi connectivity index (χ2v) is 4.13. The Balaban J connectivity index is 2.29. The number of amides is 1. The number of ether oxygens (including phenoxy) is 1. The number of hydrogen-bond acceptors (Lipinski definition) is 2. The van der Waals surface area contributed by atoms with E-state index < -0.39 is 5.91 Å². The van der Waals surface area contributed by atoms with E-state index in [2.05, 4.69) is 25.2 Å². The normalized spacial score (nSPS) is 11.2. The van der Waals surface area contributed by atoms with Crippen LogP contribution in [0.4, 0.5) is 0 Å². The average Bonchev–Trinajstić information content (AvgIpc) is 2.42. The molecule has 2 N–H and O–H groups in total. The number of allylic oxidation sites excluding steroid dienone is 3. The number of primary amides is 1. The number of hydrogen-bond donors (Lipinski definition) is 1. The molecule has 3 nitrogen and oxygen atoms in total. The lowest BCUT2D eigenvalue weighted by molar-refractivity contribution is 0.1000. The van der Waals surface area contributed by atoms with Crippen molar-refractivity contribution in [2.75, 3.05) is 6.61 Å². The van der Waals surface area contributed by atoms with Crippen molar-refractivity contribution in [1.82, 2.24) is 0 Å². The minimum atomic E-state index is -0.441. The van der Waals surface area contributed by atoms with Gasteiger partial charge in [0.15, 0.2) is 0 Å². The predicted molar refractivity (Wildman–Crippen MR) is 78.3 cm³/mol. The van der Waals surface area contributed by atoms with Crippen LogP contribution in [0.25, 0.3) is 0 Å². The van der Waals surface area contributed by atoms with E-state index in [1.165, 1.54) is 0 Å². The van der Waals surface area contributed by atoms with Gasteiger partial charge in [-0.2, -0.15) is 0 Å². The van der Waals surface area contributed by atoms with Crippen molar-refractivity contribution in [2.45, 2.75) is 26.2 Å². The number of unbranched alkanes of at least 4 members (excludes halogenated alkanes) is 1. The molecule has 102 valence electrons. The maximum Gasteiger partial charge on any atom is 0.248 e. The Bertz CT molecular complexity index is 450. The van der Waals surface area contributed by atoms with E-state index in [4.69, 9.17) is 10.5 Å². The van der Waals surface area contributed by atoms with E-state index in [-0.39, 0.29) is 0 Å². The molecule has 1 amide bonds. The van der Waals surface area contributed by atoms with Crippen molar-refractivity contribution in [1.29, 1.82) is 0 Å². The molecule has 0 radical (unpaired) electrons. The van der Waals surface area contributed by atoms with E-state index in [1.807, 2.05) is 12.1 Å². The molecule has 0 aliphatic heterocycles. The molecule has 1 rings (SSSR count). The van der Waals surface area contributed by atoms with Gasteiger partial charge in [0.1, 0.15) is 12.4 Å². The zero-order valence-electron chi connectivity index (χ0n) is 11.3. The highest BCUT2D eigenvalue weighted by Crippen LogP contribution is 2.12. The summed E-state index contributed by atoms with van der Waals surface area (Å²) < 4.78 is 5.51. The van der Waals surface area contributed by atoms with E-state index in [0.29, 0.717) is 17.9 Å². The lowest BCUT2D eigenvalue weighted by Gasteiger charge is -2.03. The summed E-state index contributed by atoms with van der Waals surface area (Å²) in [5.41, 5.74) is 5.67. The smallest absolute Gasteiger partial charge is 0.248 e. The maximum atomic E-state index is 11.0. The third-order valence-corrected chi connectivity index (χ3v) is 2.53. The molecular weight excluding hydrogens is 238 g/mol. The summed E-state index contributed by atoms with van der Waals surface area (Å²) in [6, 6.07) is 6.89. The van der Waals surface area contributed by atoms with Crippen LogP contribution in [0.5, 0.6) is 5.75 Å². The Morgan fingerprint density at radius 3 is 2.63 bits per heavy atom. The molecule has 0 aliphatic carbocycles. The summed E-state index contributed by atoms with van der Waals surface area (Å²) >= 11 is 0. The molecule has 0 aliphatic rings. The van der Waals surface area contributed by atoms with Gasteiger partial charge in [-0.25, -0.2) is 0 Å². The molecule has 0 unspecified atom stereocenters. The van der Waals surface area contributed by atoms with Gasteiger partial charge in [-0.1, -0.05) is 37.3 Å². The number of rotatable bonds is 8.